The van der Waals surface area contributed by atoms with Crippen LogP contribution in [0.15, 0.2) is 70.9 Å². The van der Waals surface area contributed by atoms with E-state index >= 15 is 0 Å². The standard InChI is InChI=1S/C25H19BrO6/c1-3-30-20-6-4-5-16(24(20)32-25(28)15-7-9-17(26)10-8-15)13-22-23(27)19-12-11-18(29-2)14-21(19)31-22/h4-14H,3H2,1-2H3/b22-13-. The van der Waals surface area contributed by atoms with Crippen molar-refractivity contribution in [2.75, 3.05) is 13.7 Å². The van der Waals surface area contributed by atoms with E-state index in [9.17, 15) is 9.59 Å². The first-order chi connectivity index (χ1) is 15.5. The largest absolute Gasteiger partial charge is 0.497 e. The van der Waals surface area contributed by atoms with Crippen molar-refractivity contribution in [1.82, 2.24) is 0 Å². The van der Waals surface area contributed by atoms with Crippen LogP contribution in [-0.2, 0) is 0 Å². The summed E-state index contributed by atoms with van der Waals surface area (Å²) in [6.07, 6.45) is 1.54. The number of halogens is 1. The molecule has 0 fully saturated rings. The Morgan fingerprint density at radius 3 is 2.59 bits per heavy atom. The maximum atomic E-state index is 12.8. The maximum Gasteiger partial charge on any atom is 0.343 e. The SMILES string of the molecule is CCOc1cccc(/C=C2\Oc3cc(OC)ccc3C2=O)c1OC(=O)c1ccc(Br)cc1. The molecule has 1 aliphatic rings. The van der Waals surface area contributed by atoms with Crippen molar-refractivity contribution in [3.05, 3.63) is 87.6 Å². The Kier molecular flexibility index (Phi) is 6.28. The molecule has 0 bridgehead atoms. The highest BCUT2D eigenvalue weighted by molar-refractivity contribution is 9.10. The fourth-order valence-corrected chi connectivity index (χ4v) is 3.46. The molecule has 7 heteroatoms. The van der Waals surface area contributed by atoms with Crippen LogP contribution in [0.2, 0.25) is 0 Å². The molecule has 3 aromatic carbocycles. The molecule has 0 atom stereocenters. The van der Waals surface area contributed by atoms with Crippen LogP contribution >= 0.6 is 15.9 Å². The average Bonchev–Trinajstić information content (AvgIpc) is 3.10. The Balaban J connectivity index is 1.70. The molecule has 0 amide bonds. The molecule has 0 radical (unpaired) electrons. The summed E-state index contributed by atoms with van der Waals surface area (Å²) in [7, 11) is 1.54. The highest BCUT2D eigenvalue weighted by Gasteiger charge is 2.28. The van der Waals surface area contributed by atoms with Gasteiger partial charge >= 0.3 is 5.97 Å². The van der Waals surface area contributed by atoms with Gasteiger partial charge in [-0.2, -0.15) is 0 Å². The van der Waals surface area contributed by atoms with Gasteiger partial charge in [0.2, 0.25) is 5.78 Å². The number of fused-ring (bicyclic) bond motifs is 1. The topological polar surface area (TPSA) is 71.1 Å². The number of hydrogen-bond donors (Lipinski definition) is 0. The molecule has 0 spiro atoms. The third-order valence-corrected chi connectivity index (χ3v) is 5.28. The molecular formula is C25H19BrO6. The smallest absolute Gasteiger partial charge is 0.343 e. The van der Waals surface area contributed by atoms with Crippen LogP contribution in [0.3, 0.4) is 0 Å². The van der Waals surface area contributed by atoms with Crippen LogP contribution in [0.25, 0.3) is 6.08 Å². The normalized spacial score (nSPS) is 13.5. The average molecular weight is 495 g/mol. The second-order valence-electron chi connectivity index (χ2n) is 6.81. The second kappa shape index (κ2) is 9.28. The second-order valence-corrected chi connectivity index (χ2v) is 7.72. The number of hydrogen-bond acceptors (Lipinski definition) is 6. The number of Topliss-reactive ketones (excluding diaryl/α,β-unsaturated/α-hetero) is 1. The van der Waals surface area contributed by atoms with E-state index < -0.39 is 5.97 Å². The van der Waals surface area contributed by atoms with Gasteiger partial charge in [0.15, 0.2) is 17.3 Å². The van der Waals surface area contributed by atoms with E-state index in [0.29, 0.717) is 40.5 Å². The van der Waals surface area contributed by atoms with Gasteiger partial charge in [0.25, 0.3) is 0 Å². The van der Waals surface area contributed by atoms with Crippen molar-refractivity contribution >= 4 is 33.8 Å². The molecule has 0 saturated carbocycles. The maximum absolute atomic E-state index is 12.8. The Morgan fingerprint density at radius 2 is 1.88 bits per heavy atom. The summed E-state index contributed by atoms with van der Waals surface area (Å²) < 4.78 is 23.2. The van der Waals surface area contributed by atoms with E-state index in [-0.39, 0.29) is 17.3 Å². The predicted octanol–water partition coefficient (Wildman–Crippen LogP) is 5.69. The molecule has 0 aromatic heterocycles. The first kappa shape index (κ1) is 21.6. The zero-order valence-corrected chi connectivity index (χ0v) is 19.0. The zero-order valence-electron chi connectivity index (χ0n) is 17.4. The molecule has 0 unspecified atom stereocenters. The molecule has 1 aliphatic heterocycles. The van der Waals surface area contributed by atoms with Gasteiger partial charge in [0, 0.05) is 16.1 Å². The third-order valence-electron chi connectivity index (χ3n) is 4.75. The third kappa shape index (κ3) is 4.38. The van der Waals surface area contributed by atoms with Crippen molar-refractivity contribution < 1.29 is 28.5 Å². The lowest BCUT2D eigenvalue weighted by molar-refractivity contribution is 0.0728. The minimum absolute atomic E-state index is 0.114. The lowest BCUT2D eigenvalue weighted by Gasteiger charge is -2.13. The zero-order chi connectivity index (χ0) is 22.7. The van der Waals surface area contributed by atoms with Crippen LogP contribution in [0.4, 0.5) is 0 Å². The van der Waals surface area contributed by atoms with E-state index in [4.69, 9.17) is 18.9 Å². The molecule has 0 aliphatic carbocycles. The highest BCUT2D eigenvalue weighted by atomic mass is 79.9. The first-order valence-electron chi connectivity index (χ1n) is 9.86. The molecule has 4 rings (SSSR count). The summed E-state index contributed by atoms with van der Waals surface area (Å²) in [4.78, 5) is 25.6. The quantitative estimate of drug-likeness (QED) is 0.249. The van der Waals surface area contributed by atoms with Gasteiger partial charge in [-0.1, -0.05) is 28.1 Å². The molecule has 0 saturated heterocycles. The number of carbonyl (C=O) groups is 2. The van der Waals surface area contributed by atoms with Gasteiger partial charge in [-0.25, -0.2) is 4.79 Å². The molecule has 6 nitrogen and oxygen atoms in total. The number of ketones is 1. The van der Waals surface area contributed by atoms with Crippen molar-refractivity contribution in [1.29, 1.82) is 0 Å². The molecule has 3 aromatic rings. The summed E-state index contributed by atoms with van der Waals surface area (Å²) in [5.41, 5.74) is 1.29. The summed E-state index contributed by atoms with van der Waals surface area (Å²) in [5.74, 6) is 0.889. The predicted molar refractivity (Wildman–Crippen MR) is 123 cm³/mol. The van der Waals surface area contributed by atoms with E-state index in [1.807, 2.05) is 6.92 Å². The monoisotopic (exact) mass is 494 g/mol. The van der Waals surface area contributed by atoms with Crippen LogP contribution in [0, 0.1) is 0 Å². The summed E-state index contributed by atoms with van der Waals surface area (Å²) in [6.45, 7) is 2.21. The van der Waals surface area contributed by atoms with Gasteiger partial charge in [0.05, 0.1) is 24.8 Å². The fourth-order valence-electron chi connectivity index (χ4n) is 3.20. The lowest BCUT2D eigenvalue weighted by atomic mass is 10.1. The minimum Gasteiger partial charge on any atom is -0.497 e. The van der Waals surface area contributed by atoms with Crippen LogP contribution < -0.4 is 18.9 Å². The molecular weight excluding hydrogens is 476 g/mol. The van der Waals surface area contributed by atoms with Crippen molar-refractivity contribution in [2.45, 2.75) is 6.92 Å². The number of ether oxygens (including phenoxy) is 4. The summed E-state index contributed by atoms with van der Waals surface area (Å²) in [6, 6.07) is 17.0. The number of para-hydroxylation sites is 1. The number of allylic oxidation sites excluding steroid dienone is 1. The van der Waals surface area contributed by atoms with Crippen molar-refractivity contribution in [2.24, 2.45) is 0 Å². The number of esters is 1. The van der Waals surface area contributed by atoms with Crippen molar-refractivity contribution in [3.63, 3.8) is 0 Å². The first-order valence-corrected chi connectivity index (χ1v) is 10.6. The molecule has 0 N–H and O–H groups in total. The van der Waals surface area contributed by atoms with E-state index in [1.165, 1.54) is 0 Å². The number of methoxy groups -OCH3 is 1. The lowest BCUT2D eigenvalue weighted by Crippen LogP contribution is -2.11. The van der Waals surface area contributed by atoms with Crippen molar-refractivity contribution in [3.8, 4) is 23.0 Å². The molecule has 1 heterocycles. The Bertz CT molecular complexity index is 1210. The Labute approximate surface area is 193 Å². The Hall–Kier alpha value is -3.58. The van der Waals surface area contributed by atoms with Gasteiger partial charge < -0.3 is 18.9 Å². The number of rotatable bonds is 6. The number of benzene rings is 3. The van der Waals surface area contributed by atoms with E-state index in [0.717, 1.165) is 4.47 Å². The molecule has 162 valence electrons. The minimum atomic E-state index is -0.545. The summed E-state index contributed by atoms with van der Waals surface area (Å²) in [5, 5.41) is 0. The van der Waals surface area contributed by atoms with Crippen LogP contribution in [-0.4, -0.2) is 25.5 Å². The molecule has 32 heavy (non-hydrogen) atoms. The van der Waals surface area contributed by atoms with Crippen LogP contribution in [0.1, 0.15) is 33.2 Å². The number of carbonyl (C=O) groups excluding carboxylic acids is 2. The van der Waals surface area contributed by atoms with Gasteiger partial charge in [0.1, 0.15) is 11.5 Å². The highest BCUT2D eigenvalue weighted by Crippen LogP contribution is 2.38. The Morgan fingerprint density at radius 1 is 1.09 bits per heavy atom. The van der Waals surface area contributed by atoms with Gasteiger partial charge in [-0.3, -0.25) is 4.79 Å². The van der Waals surface area contributed by atoms with Gasteiger partial charge in [-0.05, 0) is 55.5 Å². The van der Waals surface area contributed by atoms with Gasteiger partial charge in [-0.15, -0.1) is 0 Å². The van der Waals surface area contributed by atoms with E-state index in [2.05, 4.69) is 15.9 Å². The van der Waals surface area contributed by atoms with Crippen LogP contribution in [0.5, 0.6) is 23.0 Å². The fraction of sp³-hybridized carbons (Fsp3) is 0.120. The summed E-state index contributed by atoms with van der Waals surface area (Å²) >= 11 is 3.35. The van der Waals surface area contributed by atoms with E-state index in [1.54, 1.807) is 73.8 Å².